The fraction of sp³-hybridized carbons (Fsp3) is 0.342. The summed E-state index contributed by atoms with van der Waals surface area (Å²) in [5, 5.41) is 46.2. The fourth-order valence-electron chi connectivity index (χ4n) is 5.05. The number of unbranched alkanes of at least 4 members (excludes halogenated alkanes) is 4. The third kappa shape index (κ3) is 14.5. The molecule has 4 aromatic carbocycles. The normalized spacial score (nSPS) is 11.8. The summed E-state index contributed by atoms with van der Waals surface area (Å²) in [4.78, 5) is 10.8. The average Bonchev–Trinajstić information content (AvgIpc) is 3.11. The lowest BCUT2D eigenvalue weighted by molar-refractivity contribution is 0.0696. The van der Waals surface area contributed by atoms with Crippen LogP contribution in [0.3, 0.4) is 0 Å². The zero-order valence-electron chi connectivity index (χ0n) is 27.7. The summed E-state index contributed by atoms with van der Waals surface area (Å²) >= 11 is 0. The number of aryl methyl sites for hydroxylation is 1. The molecule has 4 aromatic rings. The van der Waals surface area contributed by atoms with Crippen LogP contribution in [0.1, 0.15) is 71.7 Å². The van der Waals surface area contributed by atoms with Crippen molar-refractivity contribution in [3.63, 3.8) is 0 Å². The number of aromatic carboxylic acids is 1. The maximum atomic E-state index is 11.4. The van der Waals surface area contributed by atoms with Gasteiger partial charge in [-0.3, -0.25) is 0 Å². The SMILES string of the molecule is NS(=O)(=O)c1cccc(CCCCOCCCCCCNC[C@H](O)c2ccc(O)c(CO)c2)c1.O=C(O)c1ccc(-c2ccccc2)cc1. The number of phenols is 1. The molecule has 1 atom stereocenters. The Bertz CT molecular complexity index is 1670. The Balaban J connectivity index is 0.000000357. The summed E-state index contributed by atoms with van der Waals surface area (Å²) in [5.41, 5.74) is 4.48. The van der Waals surface area contributed by atoms with E-state index in [-0.39, 0.29) is 17.3 Å². The van der Waals surface area contributed by atoms with E-state index < -0.39 is 22.1 Å². The molecule has 0 saturated heterocycles. The molecule has 0 saturated carbocycles. The van der Waals surface area contributed by atoms with Gasteiger partial charge in [0, 0.05) is 25.3 Å². The number of carboxylic acids is 1. The number of aliphatic hydroxyl groups excluding tert-OH is 2. The van der Waals surface area contributed by atoms with E-state index in [2.05, 4.69) is 5.32 Å². The van der Waals surface area contributed by atoms with E-state index in [1.54, 1.807) is 36.4 Å². The number of rotatable bonds is 19. The Morgan fingerprint density at radius 1 is 0.796 bits per heavy atom. The summed E-state index contributed by atoms with van der Waals surface area (Å²) in [6.07, 6.45) is 6.16. The van der Waals surface area contributed by atoms with Crippen molar-refractivity contribution in [3.8, 4) is 16.9 Å². The summed E-state index contributed by atoms with van der Waals surface area (Å²) < 4.78 is 28.5. The number of carbonyl (C=O) groups is 1. The van der Waals surface area contributed by atoms with E-state index >= 15 is 0 Å². The topological polar surface area (TPSA) is 179 Å². The number of aromatic hydroxyl groups is 1. The lowest BCUT2D eigenvalue weighted by Crippen LogP contribution is -2.22. The molecule has 264 valence electrons. The smallest absolute Gasteiger partial charge is 0.335 e. The van der Waals surface area contributed by atoms with Gasteiger partial charge in [0.2, 0.25) is 10.0 Å². The molecule has 0 heterocycles. The molecular weight excluding hydrogens is 644 g/mol. The first-order valence-electron chi connectivity index (χ1n) is 16.5. The molecule has 0 spiro atoms. The highest BCUT2D eigenvalue weighted by Gasteiger charge is 2.10. The molecule has 7 N–H and O–H groups in total. The molecule has 0 unspecified atom stereocenters. The predicted octanol–water partition coefficient (Wildman–Crippen LogP) is 5.81. The van der Waals surface area contributed by atoms with Crippen molar-refractivity contribution < 1.29 is 38.4 Å². The number of hydrogen-bond donors (Lipinski definition) is 6. The molecule has 4 rings (SSSR count). The average molecular weight is 693 g/mol. The second kappa shape index (κ2) is 21.1. The molecule has 0 aliphatic carbocycles. The highest BCUT2D eigenvalue weighted by atomic mass is 32.2. The van der Waals surface area contributed by atoms with E-state index in [1.165, 1.54) is 12.1 Å². The van der Waals surface area contributed by atoms with Crippen molar-refractivity contribution in [1.82, 2.24) is 5.32 Å². The van der Waals surface area contributed by atoms with Crippen LogP contribution in [0, 0.1) is 0 Å². The Kier molecular flexibility index (Phi) is 16.9. The quantitative estimate of drug-likeness (QED) is 0.0662. The molecule has 49 heavy (non-hydrogen) atoms. The number of aliphatic hydroxyl groups is 2. The number of carboxylic acid groups (broad SMARTS) is 1. The number of sulfonamides is 1. The van der Waals surface area contributed by atoms with Crippen LogP contribution in [0.5, 0.6) is 5.75 Å². The van der Waals surface area contributed by atoms with Gasteiger partial charge in [-0.05, 0) is 97.3 Å². The molecule has 0 aliphatic rings. The summed E-state index contributed by atoms with van der Waals surface area (Å²) in [7, 11) is -3.66. The summed E-state index contributed by atoms with van der Waals surface area (Å²) in [6.45, 7) is 2.41. The van der Waals surface area contributed by atoms with Gasteiger partial charge in [-0.1, -0.05) is 73.5 Å². The third-order valence-corrected chi connectivity index (χ3v) is 8.77. The van der Waals surface area contributed by atoms with E-state index in [4.69, 9.17) is 15.0 Å². The highest BCUT2D eigenvalue weighted by molar-refractivity contribution is 7.89. The number of nitrogens with one attached hydrogen (secondary N) is 1. The second-order valence-corrected chi connectivity index (χ2v) is 13.3. The molecule has 11 heteroatoms. The third-order valence-electron chi connectivity index (χ3n) is 7.86. The number of ether oxygens (including phenoxy) is 1. The number of hydrogen-bond acceptors (Lipinski definition) is 8. The number of primary sulfonamides is 1. The van der Waals surface area contributed by atoms with E-state index in [9.17, 15) is 28.5 Å². The first-order valence-corrected chi connectivity index (χ1v) is 18.0. The Labute approximate surface area is 289 Å². The zero-order chi connectivity index (χ0) is 35.5. The van der Waals surface area contributed by atoms with Crippen LogP contribution < -0.4 is 10.5 Å². The first-order chi connectivity index (χ1) is 23.6. The summed E-state index contributed by atoms with van der Waals surface area (Å²) in [6, 6.07) is 28.3. The predicted molar refractivity (Wildman–Crippen MR) is 191 cm³/mol. The van der Waals surface area contributed by atoms with Crippen molar-refractivity contribution in [1.29, 1.82) is 0 Å². The molecule has 0 amide bonds. The van der Waals surface area contributed by atoms with Gasteiger partial charge < -0.3 is 30.5 Å². The van der Waals surface area contributed by atoms with Crippen LogP contribution in [0.25, 0.3) is 11.1 Å². The first kappa shape index (κ1) is 39.3. The number of nitrogens with two attached hydrogens (primary N) is 1. The Morgan fingerprint density at radius 3 is 2.14 bits per heavy atom. The van der Waals surface area contributed by atoms with Gasteiger partial charge in [-0.2, -0.15) is 0 Å². The molecule has 0 aromatic heterocycles. The van der Waals surface area contributed by atoms with E-state index in [1.807, 2.05) is 48.5 Å². The van der Waals surface area contributed by atoms with Crippen molar-refractivity contribution in [2.45, 2.75) is 62.6 Å². The lowest BCUT2D eigenvalue weighted by atomic mass is 10.0. The van der Waals surface area contributed by atoms with Crippen molar-refractivity contribution in [2.24, 2.45) is 5.14 Å². The van der Waals surface area contributed by atoms with Gasteiger partial charge in [0.1, 0.15) is 5.75 Å². The minimum Gasteiger partial charge on any atom is -0.508 e. The van der Waals surface area contributed by atoms with Gasteiger partial charge in [-0.15, -0.1) is 0 Å². The van der Waals surface area contributed by atoms with Gasteiger partial charge in [0.15, 0.2) is 0 Å². The van der Waals surface area contributed by atoms with Crippen molar-refractivity contribution in [2.75, 3.05) is 26.3 Å². The summed E-state index contributed by atoms with van der Waals surface area (Å²) in [5.74, 6) is -0.863. The minimum atomic E-state index is -3.66. The van der Waals surface area contributed by atoms with Crippen LogP contribution in [0.4, 0.5) is 0 Å². The molecule has 0 radical (unpaired) electrons. The maximum absolute atomic E-state index is 11.4. The highest BCUT2D eigenvalue weighted by Crippen LogP contribution is 2.22. The van der Waals surface area contributed by atoms with E-state index in [0.29, 0.717) is 29.8 Å². The van der Waals surface area contributed by atoms with E-state index in [0.717, 1.165) is 74.8 Å². The van der Waals surface area contributed by atoms with Crippen LogP contribution in [-0.2, 0) is 27.8 Å². The molecule has 10 nitrogen and oxygen atoms in total. The largest absolute Gasteiger partial charge is 0.508 e. The maximum Gasteiger partial charge on any atom is 0.335 e. The van der Waals surface area contributed by atoms with Gasteiger partial charge in [-0.25, -0.2) is 18.4 Å². The lowest BCUT2D eigenvalue weighted by Gasteiger charge is -2.14. The monoisotopic (exact) mass is 692 g/mol. The van der Waals surface area contributed by atoms with Gasteiger partial charge in [0.05, 0.1) is 23.2 Å². The van der Waals surface area contributed by atoms with Crippen LogP contribution in [0.2, 0.25) is 0 Å². The van der Waals surface area contributed by atoms with Gasteiger partial charge >= 0.3 is 5.97 Å². The molecular formula is C38H48N2O8S. The van der Waals surface area contributed by atoms with Crippen molar-refractivity contribution >= 4 is 16.0 Å². The molecule has 0 fully saturated rings. The van der Waals surface area contributed by atoms with Gasteiger partial charge in [0.25, 0.3) is 0 Å². The standard InChI is InChI=1S/C25H38N2O6S.C13H10O2/c26-34(31,32)23-10-7-9-20(16-23)8-3-6-15-33-14-5-2-1-4-13-27-18-25(30)21-11-12-24(29)22(17-21)19-28;14-13(15)12-8-6-11(7-9-12)10-4-2-1-3-5-10/h7,9-12,16-17,25,27-30H,1-6,8,13-15,18-19H2,(H2,26,31,32);1-9H,(H,14,15)/t25-;/m0./s1. The minimum absolute atomic E-state index is 0.0310. The molecule has 0 aliphatic heterocycles. The van der Waals surface area contributed by atoms with Crippen LogP contribution >= 0.6 is 0 Å². The van der Waals surface area contributed by atoms with Crippen molar-refractivity contribution in [3.05, 3.63) is 119 Å². The Morgan fingerprint density at radius 2 is 1.47 bits per heavy atom. The number of benzene rings is 4. The second-order valence-electron chi connectivity index (χ2n) is 11.7. The van der Waals surface area contributed by atoms with Crippen LogP contribution in [0.15, 0.2) is 102 Å². The Hall–Kier alpha value is -4.10. The fourth-order valence-corrected chi connectivity index (χ4v) is 5.64. The van der Waals surface area contributed by atoms with Crippen LogP contribution in [-0.4, -0.2) is 61.1 Å². The zero-order valence-corrected chi connectivity index (χ0v) is 28.5. The molecule has 0 bridgehead atoms.